The summed E-state index contributed by atoms with van der Waals surface area (Å²) in [4.78, 5) is 6.33. The Morgan fingerprint density at radius 2 is 2.25 bits per heavy atom. The first-order chi connectivity index (χ1) is 7.86. The highest BCUT2D eigenvalue weighted by Gasteiger charge is 2.30. The molecule has 88 valence electrons. The van der Waals surface area contributed by atoms with Gasteiger partial charge >= 0.3 is 0 Å². The number of hydrogen-bond acceptors (Lipinski definition) is 4. The van der Waals surface area contributed by atoms with Crippen molar-refractivity contribution in [1.29, 1.82) is 0 Å². The Balaban J connectivity index is 2.16. The highest BCUT2D eigenvalue weighted by molar-refractivity contribution is 5.16. The van der Waals surface area contributed by atoms with Crippen molar-refractivity contribution in [2.45, 2.75) is 24.9 Å². The van der Waals surface area contributed by atoms with Crippen LogP contribution in [0.1, 0.15) is 24.4 Å². The Morgan fingerprint density at radius 1 is 1.50 bits per heavy atom. The molecule has 2 rings (SSSR count). The Labute approximate surface area is 96.1 Å². The minimum Gasteiger partial charge on any atom is -0.395 e. The summed E-state index contributed by atoms with van der Waals surface area (Å²) >= 11 is 0. The zero-order chi connectivity index (χ0) is 11.4. The van der Waals surface area contributed by atoms with Crippen molar-refractivity contribution >= 4 is 0 Å². The predicted octanol–water partition coefficient (Wildman–Crippen LogP) is 0.538. The second kappa shape index (κ2) is 5.39. The van der Waals surface area contributed by atoms with E-state index in [1.54, 1.807) is 12.4 Å². The van der Waals surface area contributed by atoms with E-state index in [1.807, 2.05) is 12.1 Å². The fraction of sp³-hybridized carbons (Fsp3) is 0.583. The molecule has 0 saturated carbocycles. The van der Waals surface area contributed by atoms with Crippen molar-refractivity contribution in [3.8, 4) is 0 Å². The van der Waals surface area contributed by atoms with Gasteiger partial charge in [-0.2, -0.15) is 0 Å². The molecular weight excluding hydrogens is 202 g/mol. The van der Waals surface area contributed by atoms with Gasteiger partial charge in [0, 0.05) is 31.0 Å². The molecule has 1 aliphatic rings. The third-order valence-electron chi connectivity index (χ3n) is 3.35. The van der Waals surface area contributed by atoms with Crippen molar-refractivity contribution in [2.75, 3.05) is 19.7 Å². The molecule has 0 radical (unpaired) electrons. The minimum atomic E-state index is 0.211. The lowest BCUT2D eigenvalue weighted by atomic mass is 10.1. The summed E-state index contributed by atoms with van der Waals surface area (Å²) in [5.74, 6) is 0. The lowest BCUT2D eigenvalue weighted by molar-refractivity contribution is 0.121. The average molecular weight is 221 g/mol. The SMILES string of the molecule is NCC(c1ccncc1)N1CCCC1CO. The summed E-state index contributed by atoms with van der Waals surface area (Å²) in [6.45, 7) is 1.83. The third kappa shape index (κ3) is 2.24. The molecule has 0 amide bonds. The number of nitrogens with zero attached hydrogens (tertiary/aromatic N) is 2. The maximum atomic E-state index is 9.33. The van der Waals surface area contributed by atoms with Crippen LogP contribution in [0.25, 0.3) is 0 Å². The second-order valence-corrected chi connectivity index (χ2v) is 4.25. The first-order valence-corrected chi connectivity index (χ1v) is 5.83. The van der Waals surface area contributed by atoms with Gasteiger partial charge in [-0.05, 0) is 37.1 Å². The standard InChI is InChI=1S/C12H19N3O/c13-8-12(10-3-5-14-6-4-10)15-7-1-2-11(15)9-16/h3-6,11-12,16H,1-2,7-9,13H2. The molecule has 4 nitrogen and oxygen atoms in total. The summed E-state index contributed by atoms with van der Waals surface area (Å²) in [6.07, 6.45) is 5.80. The monoisotopic (exact) mass is 221 g/mol. The van der Waals surface area contributed by atoms with E-state index >= 15 is 0 Å². The number of rotatable bonds is 4. The van der Waals surface area contributed by atoms with Crippen LogP contribution in [-0.4, -0.2) is 40.7 Å². The van der Waals surface area contributed by atoms with Crippen LogP contribution in [0.5, 0.6) is 0 Å². The third-order valence-corrected chi connectivity index (χ3v) is 3.35. The Kier molecular flexibility index (Phi) is 3.88. The van der Waals surface area contributed by atoms with Gasteiger partial charge in [0.1, 0.15) is 0 Å². The molecule has 1 aromatic heterocycles. The van der Waals surface area contributed by atoms with E-state index in [0.717, 1.165) is 19.4 Å². The molecule has 16 heavy (non-hydrogen) atoms. The van der Waals surface area contributed by atoms with Crippen LogP contribution in [-0.2, 0) is 0 Å². The lowest BCUT2D eigenvalue weighted by Gasteiger charge is -2.31. The fourth-order valence-corrected chi connectivity index (χ4v) is 2.51. The maximum absolute atomic E-state index is 9.33. The summed E-state index contributed by atoms with van der Waals surface area (Å²) in [7, 11) is 0. The van der Waals surface area contributed by atoms with Gasteiger partial charge in [-0.3, -0.25) is 9.88 Å². The topological polar surface area (TPSA) is 62.4 Å². The summed E-state index contributed by atoms with van der Waals surface area (Å²) in [5.41, 5.74) is 7.05. The number of hydrogen-bond donors (Lipinski definition) is 2. The first kappa shape index (κ1) is 11.5. The van der Waals surface area contributed by atoms with Crippen molar-refractivity contribution < 1.29 is 5.11 Å². The predicted molar refractivity (Wildman–Crippen MR) is 62.8 cm³/mol. The van der Waals surface area contributed by atoms with Crippen LogP contribution in [0, 0.1) is 0 Å². The van der Waals surface area contributed by atoms with Gasteiger partial charge in [0.15, 0.2) is 0 Å². The van der Waals surface area contributed by atoms with Crippen molar-refractivity contribution in [3.63, 3.8) is 0 Å². The normalized spacial score (nSPS) is 23.5. The van der Waals surface area contributed by atoms with Gasteiger partial charge in [0.05, 0.1) is 6.61 Å². The molecule has 0 aromatic carbocycles. The van der Waals surface area contributed by atoms with E-state index in [1.165, 1.54) is 5.56 Å². The van der Waals surface area contributed by atoms with E-state index in [9.17, 15) is 5.11 Å². The van der Waals surface area contributed by atoms with E-state index in [-0.39, 0.29) is 18.7 Å². The van der Waals surface area contributed by atoms with E-state index in [4.69, 9.17) is 5.73 Å². The van der Waals surface area contributed by atoms with Crippen molar-refractivity contribution in [2.24, 2.45) is 5.73 Å². The van der Waals surface area contributed by atoms with Gasteiger partial charge in [0.2, 0.25) is 0 Å². The largest absolute Gasteiger partial charge is 0.395 e. The molecule has 4 heteroatoms. The molecule has 2 heterocycles. The smallest absolute Gasteiger partial charge is 0.0587 e. The molecule has 0 bridgehead atoms. The first-order valence-electron chi connectivity index (χ1n) is 5.83. The van der Waals surface area contributed by atoms with Gasteiger partial charge in [-0.25, -0.2) is 0 Å². The Morgan fingerprint density at radius 3 is 2.88 bits per heavy atom. The molecule has 0 spiro atoms. The average Bonchev–Trinajstić information content (AvgIpc) is 2.80. The summed E-state index contributed by atoms with van der Waals surface area (Å²) in [6, 6.07) is 4.48. The number of aliphatic hydroxyl groups excluding tert-OH is 1. The summed E-state index contributed by atoms with van der Waals surface area (Å²) < 4.78 is 0. The van der Waals surface area contributed by atoms with E-state index in [0.29, 0.717) is 6.54 Å². The van der Waals surface area contributed by atoms with Crippen LogP contribution < -0.4 is 5.73 Å². The molecule has 1 aromatic rings. The maximum Gasteiger partial charge on any atom is 0.0587 e. The van der Waals surface area contributed by atoms with E-state index in [2.05, 4.69) is 9.88 Å². The minimum absolute atomic E-state index is 0.211. The number of aromatic nitrogens is 1. The fourth-order valence-electron chi connectivity index (χ4n) is 2.51. The van der Waals surface area contributed by atoms with Crippen LogP contribution >= 0.6 is 0 Å². The van der Waals surface area contributed by atoms with Gasteiger partial charge in [0.25, 0.3) is 0 Å². The van der Waals surface area contributed by atoms with E-state index < -0.39 is 0 Å². The molecule has 1 fully saturated rings. The Hall–Kier alpha value is -0.970. The number of likely N-dealkylation sites (tertiary alicyclic amines) is 1. The van der Waals surface area contributed by atoms with Crippen LogP contribution in [0.3, 0.4) is 0 Å². The highest BCUT2D eigenvalue weighted by Crippen LogP contribution is 2.28. The Bertz CT molecular complexity index is 317. The van der Waals surface area contributed by atoms with Gasteiger partial charge < -0.3 is 10.8 Å². The van der Waals surface area contributed by atoms with Crippen molar-refractivity contribution in [3.05, 3.63) is 30.1 Å². The molecule has 2 atom stereocenters. The number of aliphatic hydroxyl groups is 1. The van der Waals surface area contributed by atoms with Crippen LogP contribution in [0.2, 0.25) is 0 Å². The lowest BCUT2D eigenvalue weighted by Crippen LogP contribution is -2.39. The molecule has 1 saturated heterocycles. The van der Waals surface area contributed by atoms with Gasteiger partial charge in [-0.15, -0.1) is 0 Å². The molecular formula is C12H19N3O. The molecule has 0 aliphatic carbocycles. The molecule has 3 N–H and O–H groups in total. The van der Waals surface area contributed by atoms with Crippen LogP contribution in [0.15, 0.2) is 24.5 Å². The second-order valence-electron chi connectivity index (χ2n) is 4.25. The summed E-state index contributed by atoms with van der Waals surface area (Å²) in [5, 5.41) is 9.33. The zero-order valence-corrected chi connectivity index (χ0v) is 9.42. The quantitative estimate of drug-likeness (QED) is 0.779. The zero-order valence-electron chi connectivity index (χ0n) is 9.42. The van der Waals surface area contributed by atoms with Crippen LogP contribution in [0.4, 0.5) is 0 Å². The molecule has 1 aliphatic heterocycles. The highest BCUT2D eigenvalue weighted by atomic mass is 16.3. The number of pyridine rings is 1. The number of nitrogens with two attached hydrogens (primary N) is 1. The van der Waals surface area contributed by atoms with Gasteiger partial charge in [-0.1, -0.05) is 0 Å². The molecule has 2 unspecified atom stereocenters. The van der Waals surface area contributed by atoms with Crippen molar-refractivity contribution in [1.82, 2.24) is 9.88 Å².